The minimum Gasteiger partial charge on any atom is -0.209 e. The lowest BCUT2D eigenvalue weighted by Gasteiger charge is -2.17. The quantitative estimate of drug-likeness (QED) is 0.860. The van der Waals surface area contributed by atoms with Crippen LogP contribution in [0.2, 0.25) is 10.0 Å². The zero-order chi connectivity index (χ0) is 14.8. The third kappa shape index (κ3) is 4.33. The van der Waals surface area contributed by atoms with E-state index in [1.54, 1.807) is 13.8 Å². The molecular formula is C11H11BrCl2N2O2S. The Morgan fingerprint density at radius 1 is 1.37 bits per heavy atom. The third-order valence-corrected chi connectivity index (χ3v) is 5.02. The van der Waals surface area contributed by atoms with Gasteiger partial charge in [0.05, 0.1) is 21.5 Å². The second kappa shape index (κ2) is 5.98. The molecule has 0 atom stereocenters. The molecule has 0 saturated carbocycles. The predicted octanol–water partition coefficient (Wildman–Crippen LogP) is 3.58. The van der Waals surface area contributed by atoms with Gasteiger partial charge in [0.2, 0.25) is 10.0 Å². The van der Waals surface area contributed by atoms with Crippen molar-refractivity contribution in [1.82, 2.24) is 4.72 Å². The summed E-state index contributed by atoms with van der Waals surface area (Å²) in [5.74, 6) is 0. The van der Waals surface area contributed by atoms with Crippen LogP contribution in [-0.4, -0.2) is 15.0 Å². The number of halogens is 3. The van der Waals surface area contributed by atoms with Crippen molar-refractivity contribution in [3.63, 3.8) is 0 Å². The molecule has 19 heavy (non-hydrogen) atoms. The Morgan fingerprint density at radius 3 is 2.26 bits per heavy atom. The number of benzene rings is 1. The monoisotopic (exact) mass is 384 g/mol. The molecule has 0 saturated heterocycles. The SMILES string of the molecule is CC(C)(C#N)CNS(=O)(=O)c1c(Cl)cc(Br)cc1Cl. The summed E-state index contributed by atoms with van der Waals surface area (Å²) in [7, 11) is -3.87. The lowest BCUT2D eigenvalue weighted by molar-refractivity contribution is 0.479. The molecule has 1 rings (SSSR count). The number of sulfonamides is 1. The number of nitriles is 1. The second-order valence-corrected chi connectivity index (χ2v) is 7.95. The molecule has 4 nitrogen and oxygen atoms in total. The zero-order valence-electron chi connectivity index (χ0n) is 10.2. The topological polar surface area (TPSA) is 70.0 Å². The van der Waals surface area contributed by atoms with Gasteiger partial charge in [0.25, 0.3) is 0 Å². The highest BCUT2D eigenvalue weighted by atomic mass is 79.9. The van der Waals surface area contributed by atoms with E-state index in [4.69, 9.17) is 28.5 Å². The molecule has 0 spiro atoms. The second-order valence-electron chi connectivity index (χ2n) is 4.52. The molecule has 0 bridgehead atoms. The first-order chi connectivity index (χ1) is 8.59. The minimum atomic E-state index is -3.87. The molecule has 0 heterocycles. The van der Waals surface area contributed by atoms with E-state index in [1.165, 1.54) is 12.1 Å². The van der Waals surface area contributed by atoms with Crippen LogP contribution >= 0.6 is 39.1 Å². The first-order valence-electron chi connectivity index (χ1n) is 5.14. The Morgan fingerprint density at radius 2 is 1.84 bits per heavy atom. The van der Waals surface area contributed by atoms with Gasteiger partial charge in [-0.05, 0) is 26.0 Å². The van der Waals surface area contributed by atoms with Crippen molar-refractivity contribution in [3.8, 4) is 6.07 Å². The molecule has 0 aliphatic carbocycles. The smallest absolute Gasteiger partial charge is 0.209 e. The Hall–Kier alpha value is -0.320. The van der Waals surface area contributed by atoms with Crippen molar-refractivity contribution < 1.29 is 8.42 Å². The molecule has 0 amide bonds. The highest BCUT2D eigenvalue weighted by molar-refractivity contribution is 9.10. The van der Waals surface area contributed by atoms with E-state index < -0.39 is 15.4 Å². The summed E-state index contributed by atoms with van der Waals surface area (Å²) < 4.78 is 27.2. The van der Waals surface area contributed by atoms with Crippen molar-refractivity contribution in [3.05, 3.63) is 26.7 Å². The first-order valence-corrected chi connectivity index (χ1v) is 8.18. The van der Waals surface area contributed by atoms with Gasteiger partial charge >= 0.3 is 0 Å². The highest BCUT2D eigenvalue weighted by Crippen LogP contribution is 2.32. The van der Waals surface area contributed by atoms with Gasteiger partial charge in [0.1, 0.15) is 4.90 Å². The Balaban J connectivity index is 3.13. The predicted molar refractivity (Wildman–Crippen MR) is 78.7 cm³/mol. The Kier molecular flexibility index (Phi) is 5.27. The number of nitrogens with zero attached hydrogens (tertiary/aromatic N) is 1. The maximum atomic E-state index is 12.1. The van der Waals surface area contributed by atoms with Crippen LogP contribution in [0.15, 0.2) is 21.5 Å². The van der Waals surface area contributed by atoms with Crippen LogP contribution in [0.4, 0.5) is 0 Å². The van der Waals surface area contributed by atoms with Gasteiger partial charge in [-0.1, -0.05) is 39.1 Å². The van der Waals surface area contributed by atoms with Crippen molar-refractivity contribution in [2.24, 2.45) is 5.41 Å². The van der Waals surface area contributed by atoms with Crippen molar-refractivity contribution in [2.45, 2.75) is 18.7 Å². The van der Waals surface area contributed by atoms with Gasteiger partial charge in [-0.3, -0.25) is 0 Å². The van der Waals surface area contributed by atoms with E-state index >= 15 is 0 Å². The molecule has 0 aliphatic heterocycles. The lowest BCUT2D eigenvalue weighted by atomic mass is 9.97. The van der Waals surface area contributed by atoms with Crippen LogP contribution in [0, 0.1) is 16.7 Å². The van der Waals surface area contributed by atoms with Gasteiger partial charge in [0.15, 0.2) is 0 Å². The van der Waals surface area contributed by atoms with Gasteiger partial charge in [0, 0.05) is 11.0 Å². The first kappa shape index (κ1) is 16.7. The summed E-state index contributed by atoms with van der Waals surface area (Å²) >= 11 is 15.0. The zero-order valence-corrected chi connectivity index (χ0v) is 14.1. The molecule has 1 aromatic carbocycles. The fraction of sp³-hybridized carbons (Fsp3) is 0.364. The largest absolute Gasteiger partial charge is 0.243 e. The summed E-state index contributed by atoms with van der Waals surface area (Å²) in [4.78, 5) is -0.187. The van der Waals surface area contributed by atoms with E-state index in [1.807, 2.05) is 6.07 Å². The number of rotatable bonds is 4. The summed E-state index contributed by atoms with van der Waals surface area (Å²) in [6, 6.07) is 4.89. The van der Waals surface area contributed by atoms with Crippen LogP contribution in [0.3, 0.4) is 0 Å². The van der Waals surface area contributed by atoms with Crippen molar-refractivity contribution in [2.75, 3.05) is 6.54 Å². The molecule has 1 aromatic rings. The number of hydrogen-bond acceptors (Lipinski definition) is 3. The van der Waals surface area contributed by atoms with Crippen LogP contribution in [0.25, 0.3) is 0 Å². The number of hydrogen-bond donors (Lipinski definition) is 1. The maximum Gasteiger partial charge on any atom is 0.243 e. The molecule has 0 aliphatic rings. The molecule has 8 heteroatoms. The lowest BCUT2D eigenvalue weighted by Crippen LogP contribution is -2.33. The van der Waals surface area contributed by atoms with Crippen LogP contribution < -0.4 is 4.72 Å². The minimum absolute atomic E-state index is 0.0154. The molecular weight excluding hydrogens is 375 g/mol. The van der Waals surface area contributed by atoms with Gasteiger partial charge < -0.3 is 0 Å². The standard InChI is InChI=1S/C11H11BrCl2N2O2S/c1-11(2,5-15)6-16-19(17,18)10-8(13)3-7(12)4-9(10)14/h3-4,16H,6H2,1-2H3. The van der Waals surface area contributed by atoms with Crippen LogP contribution in [0.1, 0.15) is 13.8 Å². The summed E-state index contributed by atoms with van der Waals surface area (Å²) in [6.45, 7) is 3.22. The van der Waals surface area contributed by atoms with Gasteiger partial charge in [-0.15, -0.1) is 0 Å². The Labute approximate surface area is 130 Å². The fourth-order valence-corrected chi connectivity index (χ4v) is 4.32. The Bertz CT molecular complexity index is 616. The average molecular weight is 386 g/mol. The summed E-state index contributed by atoms with van der Waals surface area (Å²) in [5, 5.41) is 8.89. The normalized spacial score (nSPS) is 12.2. The van der Waals surface area contributed by atoms with E-state index in [-0.39, 0.29) is 21.5 Å². The fourth-order valence-electron chi connectivity index (χ4n) is 1.17. The van der Waals surface area contributed by atoms with Gasteiger partial charge in [-0.2, -0.15) is 5.26 Å². The molecule has 104 valence electrons. The van der Waals surface area contributed by atoms with E-state index in [0.717, 1.165) is 0 Å². The van der Waals surface area contributed by atoms with Crippen LogP contribution in [-0.2, 0) is 10.0 Å². The maximum absolute atomic E-state index is 12.1. The molecule has 1 N–H and O–H groups in total. The third-order valence-electron chi connectivity index (χ3n) is 2.24. The van der Waals surface area contributed by atoms with E-state index in [0.29, 0.717) is 4.47 Å². The number of nitrogens with one attached hydrogen (secondary N) is 1. The molecule has 0 radical (unpaired) electrons. The highest BCUT2D eigenvalue weighted by Gasteiger charge is 2.26. The van der Waals surface area contributed by atoms with Crippen molar-refractivity contribution in [1.29, 1.82) is 5.26 Å². The molecule has 0 aromatic heterocycles. The van der Waals surface area contributed by atoms with Gasteiger partial charge in [-0.25, -0.2) is 13.1 Å². The molecule has 0 unspecified atom stereocenters. The summed E-state index contributed by atoms with van der Waals surface area (Å²) in [6.07, 6.45) is 0. The average Bonchev–Trinajstić information content (AvgIpc) is 2.25. The summed E-state index contributed by atoms with van der Waals surface area (Å²) in [5.41, 5.74) is -0.818. The van der Waals surface area contributed by atoms with Crippen molar-refractivity contribution >= 4 is 49.2 Å². The van der Waals surface area contributed by atoms with E-state index in [2.05, 4.69) is 20.7 Å². The molecule has 0 fully saturated rings. The van der Waals surface area contributed by atoms with E-state index in [9.17, 15) is 8.42 Å². The van der Waals surface area contributed by atoms with Crippen LogP contribution in [0.5, 0.6) is 0 Å².